The number of carbonyl (C=O) groups is 1. The van der Waals surface area contributed by atoms with Crippen molar-refractivity contribution in [3.63, 3.8) is 0 Å². The lowest BCUT2D eigenvalue weighted by Gasteiger charge is -2.21. The van der Waals surface area contributed by atoms with Crippen LogP contribution < -0.4 is 9.46 Å². The zero-order chi connectivity index (χ0) is 27.2. The minimum absolute atomic E-state index is 0.0161. The zero-order valence-electron chi connectivity index (χ0n) is 22.1. The highest BCUT2D eigenvalue weighted by Gasteiger charge is 2.63. The summed E-state index contributed by atoms with van der Waals surface area (Å²) in [6, 6.07) is 18.0. The molecule has 0 aliphatic heterocycles. The molecule has 0 radical (unpaired) electrons. The van der Waals surface area contributed by atoms with Crippen LogP contribution in [-0.2, 0) is 20.2 Å². The molecule has 2 atom stereocenters. The van der Waals surface area contributed by atoms with Crippen molar-refractivity contribution in [3.8, 4) is 5.75 Å². The molecule has 1 N–H and O–H groups in total. The third-order valence-corrected chi connectivity index (χ3v) is 8.74. The number of benzene rings is 2. The van der Waals surface area contributed by atoms with Crippen molar-refractivity contribution < 1.29 is 17.9 Å². The molecule has 1 aliphatic carbocycles. The van der Waals surface area contributed by atoms with Gasteiger partial charge in [-0.3, -0.25) is 14.8 Å². The predicted molar refractivity (Wildman–Crippen MR) is 147 cm³/mol. The lowest BCUT2D eigenvalue weighted by atomic mass is 9.88. The molecule has 0 saturated heterocycles. The third kappa shape index (κ3) is 4.43. The number of pyridine rings is 2. The number of aromatic nitrogens is 2. The van der Waals surface area contributed by atoms with Crippen molar-refractivity contribution in [3.05, 3.63) is 94.9 Å². The summed E-state index contributed by atoms with van der Waals surface area (Å²) in [7, 11) is -2.65. The average molecular weight is 530 g/mol. The summed E-state index contributed by atoms with van der Waals surface area (Å²) < 4.78 is 35.3. The van der Waals surface area contributed by atoms with E-state index in [9.17, 15) is 13.2 Å². The minimum Gasteiger partial charge on any atom is -0.496 e. The highest BCUT2D eigenvalue weighted by atomic mass is 32.2. The van der Waals surface area contributed by atoms with Gasteiger partial charge in [0.05, 0.1) is 22.9 Å². The second-order valence-electron chi connectivity index (χ2n) is 10.3. The van der Waals surface area contributed by atoms with Gasteiger partial charge < -0.3 is 4.74 Å². The van der Waals surface area contributed by atoms with E-state index in [4.69, 9.17) is 4.74 Å². The van der Waals surface area contributed by atoms with Gasteiger partial charge >= 0.3 is 0 Å². The number of ether oxygens (including phenoxy) is 1. The Bertz CT molecular complexity index is 1650. The average Bonchev–Trinajstić information content (AvgIpc) is 3.65. The van der Waals surface area contributed by atoms with Crippen LogP contribution in [0.25, 0.3) is 10.9 Å². The van der Waals surface area contributed by atoms with Gasteiger partial charge in [-0.25, -0.2) is 13.1 Å². The first-order valence-corrected chi connectivity index (χ1v) is 14.1. The SMILES string of the molecule is COc1ccc(C)cc1[C@]1(C(=O)NS(=O)(=O)c2cccc3nc(C)ccc23)C[C@@H]1c1ccc(C(C)C)nc1. The van der Waals surface area contributed by atoms with Crippen molar-refractivity contribution in [2.45, 2.75) is 56.3 Å². The lowest BCUT2D eigenvalue weighted by Crippen LogP contribution is -2.40. The van der Waals surface area contributed by atoms with Crippen LogP contribution in [0.15, 0.2) is 71.8 Å². The largest absolute Gasteiger partial charge is 0.496 e. The van der Waals surface area contributed by atoms with Crippen LogP contribution in [0, 0.1) is 13.8 Å². The fraction of sp³-hybridized carbons (Fsp3) is 0.300. The third-order valence-electron chi connectivity index (χ3n) is 7.35. The van der Waals surface area contributed by atoms with Crippen molar-refractivity contribution in [2.75, 3.05) is 7.11 Å². The Labute approximate surface area is 223 Å². The van der Waals surface area contributed by atoms with Gasteiger partial charge in [0.1, 0.15) is 5.75 Å². The van der Waals surface area contributed by atoms with E-state index in [2.05, 4.69) is 28.5 Å². The number of hydrogen-bond acceptors (Lipinski definition) is 6. The maximum absolute atomic E-state index is 14.1. The molecular formula is C30H31N3O4S. The normalized spacial score (nSPS) is 18.9. The summed E-state index contributed by atoms with van der Waals surface area (Å²) in [5.41, 5.74) is 3.67. The van der Waals surface area contributed by atoms with E-state index in [1.54, 1.807) is 37.6 Å². The maximum atomic E-state index is 14.1. The number of rotatable bonds is 7. The number of hydrogen-bond donors (Lipinski definition) is 1. The molecule has 196 valence electrons. The number of amides is 1. The predicted octanol–water partition coefficient (Wildman–Crippen LogP) is 5.31. The molecular weight excluding hydrogens is 498 g/mol. The number of fused-ring (bicyclic) bond motifs is 1. The summed E-state index contributed by atoms with van der Waals surface area (Å²) in [6.07, 6.45) is 2.23. The summed E-state index contributed by atoms with van der Waals surface area (Å²) in [5.74, 6) is -0.0186. The molecule has 0 bridgehead atoms. The van der Waals surface area contributed by atoms with Crippen molar-refractivity contribution in [1.29, 1.82) is 0 Å². The van der Waals surface area contributed by atoms with Gasteiger partial charge in [0.15, 0.2) is 0 Å². The van der Waals surface area contributed by atoms with Crippen LogP contribution in [0.2, 0.25) is 0 Å². The number of methoxy groups -OCH3 is 1. The van der Waals surface area contributed by atoms with Gasteiger partial charge in [-0.05, 0) is 68.1 Å². The first kappa shape index (κ1) is 25.9. The molecule has 7 nitrogen and oxygen atoms in total. The number of aryl methyl sites for hydroxylation is 2. The zero-order valence-corrected chi connectivity index (χ0v) is 23.0. The Kier molecular flexibility index (Phi) is 6.47. The molecule has 4 aromatic rings. The monoisotopic (exact) mass is 529 g/mol. The second-order valence-corrected chi connectivity index (χ2v) is 12.0. The molecule has 1 saturated carbocycles. The smallest absolute Gasteiger partial charge is 0.264 e. The molecule has 1 aliphatic rings. The molecule has 8 heteroatoms. The quantitative estimate of drug-likeness (QED) is 0.348. The molecule has 5 rings (SSSR count). The van der Waals surface area contributed by atoms with Crippen LogP contribution in [0.4, 0.5) is 0 Å². The molecule has 0 unspecified atom stereocenters. The highest BCUT2D eigenvalue weighted by molar-refractivity contribution is 7.90. The second kappa shape index (κ2) is 9.51. The Morgan fingerprint density at radius 2 is 1.87 bits per heavy atom. The van der Waals surface area contributed by atoms with Crippen molar-refractivity contribution in [2.24, 2.45) is 0 Å². The van der Waals surface area contributed by atoms with Crippen LogP contribution in [0.5, 0.6) is 5.75 Å². The molecule has 1 amide bonds. The number of nitrogens with one attached hydrogen (secondary N) is 1. The summed E-state index contributed by atoms with van der Waals surface area (Å²) in [5, 5.41) is 0.460. The topological polar surface area (TPSA) is 98.2 Å². The van der Waals surface area contributed by atoms with Gasteiger partial charge in [0, 0.05) is 34.5 Å². The molecule has 0 spiro atoms. The molecule has 2 aromatic heterocycles. The molecule has 38 heavy (non-hydrogen) atoms. The molecule has 2 aromatic carbocycles. The minimum atomic E-state index is -4.20. The molecule has 1 fully saturated rings. The fourth-order valence-electron chi connectivity index (χ4n) is 5.20. The summed E-state index contributed by atoms with van der Waals surface area (Å²) in [6.45, 7) is 7.93. The highest BCUT2D eigenvalue weighted by Crippen LogP contribution is 2.62. The summed E-state index contributed by atoms with van der Waals surface area (Å²) in [4.78, 5) is 23.1. The van der Waals surface area contributed by atoms with Crippen LogP contribution in [-0.4, -0.2) is 31.4 Å². The van der Waals surface area contributed by atoms with Gasteiger partial charge in [-0.15, -0.1) is 0 Å². The van der Waals surface area contributed by atoms with E-state index >= 15 is 0 Å². The number of nitrogens with zero attached hydrogens (tertiary/aromatic N) is 2. The first-order chi connectivity index (χ1) is 18.1. The molecule has 2 heterocycles. The van der Waals surface area contributed by atoms with E-state index in [0.29, 0.717) is 28.6 Å². The van der Waals surface area contributed by atoms with E-state index in [0.717, 1.165) is 22.5 Å². The first-order valence-electron chi connectivity index (χ1n) is 12.6. The maximum Gasteiger partial charge on any atom is 0.264 e. The van der Waals surface area contributed by atoms with Crippen LogP contribution in [0.1, 0.15) is 60.2 Å². The fourth-order valence-corrected chi connectivity index (χ4v) is 6.46. The van der Waals surface area contributed by atoms with Crippen molar-refractivity contribution >= 4 is 26.8 Å². The van der Waals surface area contributed by atoms with E-state index in [1.807, 2.05) is 44.2 Å². The van der Waals surface area contributed by atoms with Crippen molar-refractivity contribution in [1.82, 2.24) is 14.7 Å². The van der Waals surface area contributed by atoms with Crippen LogP contribution >= 0.6 is 0 Å². The summed E-state index contributed by atoms with van der Waals surface area (Å²) >= 11 is 0. The van der Waals surface area contributed by atoms with Gasteiger partial charge in [0.25, 0.3) is 10.0 Å². The Morgan fingerprint density at radius 1 is 1.08 bits per heavy atom. The number of sulfonamides is 1. The lowest BCUT2D eigenvalue weighted by molar-refractivity contribution is -0.122. The Morgan fingerprint density at radius 3 is 2.55 bits per heavy atom. The van der Waals surface area contributed by atoms with E-state index in [-0.39, 0.29) is 16.7 Å². The van der Waals surface area contributed by atoms with Gasteiger partial charge in [0.2, 0.25) is 5.91 Å². The Hall–Kier alpha value is -3.78. The van der Waals surface area contributed by atoms with E-state index < -0.39 is 21.3 Å². The standard InChI is InChI=1S/C30H31N3O4S/c1-18(2)25-13-11-21(17-31-25)24-16-30(24,23-15-19(3)9-14-27(23)37-5)29(34)33-38(35,36)28-8-6-7-26-22(28)12-10-20(4)32-26/h6-15,17-18,24H,16H2,1-5H3,(H,33,34)/t24-,30-/m1/s1. The van der Waals surface area contributed by atoms with E-state index in [1.165, 1.54) is 6.07 Å². The van der Waals surface area contributed by atoms with Gasteiger partial charge in [-0.1, -0.05) is 43.7 Å². The van der Waals surface area contributed by atoms with Gasteiger partial charge in [-0.2, -0.15) is 0 Å². The van der Waals surface area contributed by atoms with Crippen LogP contribution in [0.3, 0.4) is 0 Å². The Balaban J connectivity index is 1.58. The number of carbonyl (C=O) groups excluding carboxylic acids is 1.